The van der Waals surface area contributed by atoms with Gasteiger partial charge in [-0.2, -0.15) is 0 Å². The third-order valence-electron chi connectivity index (χ3n) is 16.4. The maximum atomic E-state index is 2.63. The Morgan fingerprint density at radius 2 is 0.657 bits per heavy atom. The molecule has 12 aromatic carbocycles. The quantitative estimate of drug-likeness (QED) is 0.128. The minimum absolute atomic E-state index is 0.0464. The Morgan fingerprint density at radius 3 is 1.07 bits per heavy atom. The summed E-state index contributed by atoms with van der Waals surface area (Å²) in [7, 11) is 0. The Bertz CT molecular complexity index is 3930. The summed E-state index contributed by atoms with van der Waals surface area (Å²) >= 11 is 0. The molecular weight excluding hydrogens is 842 g/mol. The molecule has 0 saturated carbocycles. The lowest BCUT2D eigenvalue weighted by molar-refractivity contribution is 1.29. The van der Waals surface area contributed by atoms with Gasteiger partial charge in [0, 0.05) is 34.1 Å². The molecule has 0 atom stereocenters. The Labute approximate surface area is 408 Å². The van der Waals surface area contributed by atoms with Gasteiger partial charge in [0.2, 0.25) is 13.4 Å². The summed E-state index contributed by atoms with van der Waals surface area (Å²) in [6, 6.07) is 82.6. The van der Waals surface area contributed by atoms with E-state index in [-0.39, 0.29) is 13.4 Å². The number of rotatable bonds is 4. The van der Waals surface area contributed by atoms with E-state index in [9.17, 15) is 0 Å². The zero-order valence-electron chi connectivity index (χ0n) is 38.8. The minimum atomic E-state index is 0.0464. The average molecular weight is 885 g/mol. The minimum Gasteiger partial charge on any atom is -0.311 e. The Kier molecular flexibility index (Phi) is 7.68. The predicted molar refractivity (Wildman–Crippen MR) is 300 cm³/mol. The van der Waals surface area contributed by atoms with Crippen molar-refractivity contribution in [2.75, 3.05) is 9.80 Å². The highest BCUT2D eigenvalue weighted by atomic mass is 15.2. The van der Waals surface area contributed by atoms with Crippen molar-refractivity contribution in [2.45, 2.75) is 13.8 Å². The van der Waals surface area contributed by atoms with Crippen molar-refractivity contribution in [3.05, 3.63) is 230 Å². The van der Waals surface area contributed by atoms with E-state index in [1.165, 1.54) is 155 Å². The van der Waals surface area contributed by atoms with Gasteiger partial charge >= 0.3 is 0 Å². The highest BCUT2D eigenvalue weighted by Crippen LogP contribution is 2.51. The fraction of sp³-hybridized carbons (Fsp3) is 0.0303. The van der Waals surface area contributed by atoms with Gasteiger partial charge in [0.25, 0.3) is 0 Å². The number of aryl methyl sites for hydroxylation is 2. The first kappa shape index (κ1) is 38.4. The molecule has 4 heterocycles. The molecule has 4 heteroatoms. The van der Waals surface area contributed by atoms with Crippen LogP contribution in [0.2, 0.25) is 0 Å². The molecule has 0 amide bonds. The summed E-state index contributed by atoms with van der Waals surface area (Å²) in [6.07, 6.45) is 0. The zero-order valence-corrected chi connectivity index (χ0v) is 38.8. The number of nitrogens with zero attached hydrogens (tertiary/aromatic N) is 2. The van der Waals surface area contributed by atoms with Crippen LogP contribution in [-0.4, -0.2) is 13.4 Å². The van der Waals surface area contributed by atoms with Gasteiger partial charge in [-0.15, -0.1) is 0 Å². The first-order valence-corrected chi connectivity index (χ1v) is 24.7. The van der Waals surface area contributed by atoms with Crippen molar-refractivity contribution in [3.63, 3.8) is 0 Å². The van der Waals surface area contributed by atoms with E-state index in [1.54, 1.807) is 0 Å². The molecule has 0 saturated heterocycles. The van der Waals surface area contributed by atoms with E-state index in [1.807, 2.05) is 0 Å². The number of hydrogen-bond donors (Lipinski definition) is 0. The molecule has 0 spiro atoms. The number of fused-ring (bicyclic) bond motifs is 8. The van der Waals surface area contributed by atoms with Crippen LogP contribution in [0, 0.1) is 13.8 Å². The van der Waals surface area contributed by atoms with Gasteiger partial charge in [-0.05, 0) is 184 Å². The standard InChI is InChI=1S/C66H42B2N2/c1-39-31-49-51-33-43(41-19-7-3-8-20-41)35-59-65(51)68(54-28-16-18-30-58(54)69(59)45-23-11-5-12-24-45)56-38-48-40(2)32-50-52-34-44(42-21-9-4-10-22-42)36-60-66(52)67(55-37-47(39)63(61(49)56)64(48)62(50)55)53-27-15-17-29-57(53)70(60)46-25-13-6-14-26-46/h3-38H,1-2H3. The van der Waals surface area contributed by atoms with Gasteiger partial charge in [-0.1, -0.05) is 169 Å². The average Bonchev–Trinajstić information content (AvgIpc) is 3.43. The molecule has 0 radical (unpaired) electrons. The lowest BCUT2D eigenvalue weighted by Crippen LogP contribution is -2.60. The molecule has 16 rings (SSSR count). The second-order valence-electron chi connectivity index (χ2n) is 20.0. The van der Waals surface area contributed by atoms with Crippen LogP contribution in [-0.2, 0) is 0 Å². The lowest BCUT2D eigenvalue weighted by Gasteiger charge is -2.42. The van der Waals surface area contributed by atoms with Gasteiger partial charge in [-0.25, -0.2) is 0 Å². The number of benzene rings is 12. The summed E-state index contributed by atoms with van der Waals surface area (Å²) in [4.78, 5) is 5.05. The molecule has 70 heavy (non-hydrogen) atoms. The zero-order chi connectivity index (χ0) is 45.9. The molecule has 0 bridgehead atoms. The monoisotopic (exact) mass is 884 g/mol. The maximum absolute atomic E-state index is 2.63. The lowest BCUT2D eigenvalue weighted by atomic mass is 9.31. The summed E-state index contributed by atoms with van der Waals surface area (Å²) in [5.74, 6) is 0. The normalized spacial score (nSPS) is 13.5. The number of hydrogen-bond acceptors (Lipinski definition) is 2. The van der Waals surface area contributed by atoms with Gasteiger partial charge in [0.15, 0.2) is 0 Å². The third-order valence-corrected chi connectivity index (χ3v) is 16.4. The van der Waals surface area contributed by atoms with Gasteiger partial charge in [0.05, 0.1) is 0 Å². The van der Waals surface area contributed by atoms with E-state index in [0.29, 0.717) is 0 Å². The molecule has 0 aliphatic carbocycles. The van der Waals surface area contributed by atoms with Crippen LogP contribution in [0.5, 0.6) is 0 Å². The molecule has 12 aromatic rings. The van der Waals surface area contributed by atoms with E-state index >= 15 is 0 Å². The molecule has 4 aliphatic heterocycles. The first-order valence-electron chi connectivity index (χ1n) is 24.7. The second-order valence-corrected chi connectivity index (χ2v) is 20.0. The molecule has 322 valence electrons. The molecule has 0 fully saturated rings. The molecular formula is C66H42B2N2. The van der Waals surface area contributed by atoms with Crippen molar-refractivity contribution < 1.29 is 0 Å². The Balaban J connectivity index is 1.06. The highest BCUT2D eigenvalue weighted by Gasteiger charge is 2.45. The second kappa shape index (κ2) is 14.0. The van der Waals surface area contributed by atoms with Crippen LogP contribution in [0.4, 0.5) is 34.1 Å². The molecule has 4 aliphatic rings. The summed E-state index contributed by atoms with van der Waals surface area (Å²) in [5.41, 5.74) is 28.5. The van der Waals surface area contributed by atoms with Crippen LogP contribution in [0.15, 0.2) is 218 Å². The fourth-order valence-electron chi connectivity index (χ4n) is 13.6. The smallest absolute Gasteiger partial charge is 0.248 e. The largest absolute Gasteiger partial charge is 0.311 e. The molecule has 2 nitrogen and oxygen atoms in total. The number of para-hydroxylation sites is 4. The van der Waals surface area contributed by atoms with Crippen molar-refractivity contribution in [1.82, 2.24) is 0 Å². The fourth-order valence-corrected chi connectivity index (χ4v) is 13.6. The van der Waals surface area contributed by atoms with E-state index < -0.39 is 0 Å². The maximum Gasteiger partial charge on any atom is 0.248 e. The van der Waals surface area contributed by atoms with Crippen molar-refractivity contribution >= 4 is 113 Å². The third kappa shape index (κ3) is 5.00. The van der Waals surface area contributed by atoms with Gasteiger partial charge < -0.3 is 9.80 Å². The summed E-state index contributed by atoms with van der Waals surface area (Å²) in [6.45, 7) is 4.83. The van der Waals surface area contributed by atoms with Crippen LogP contribution < -0.4 is 42.6 Å². The van der Waals surface area contributed by atoms with Crippen molar-refractivity contribution in [2.24, 2.45) is 0 Å². The predicted octanol–water partition coefficient (Wildman–Crippen LogP) is 13.1. The molecule has 0 N–H and O–H groups in total. The highest BCUT2D eigenvalue weighted by molar-refractivity contribution is 7.02. The van der Waals surface area contributed by atoms with Crippen molar-refractivity contribution in [3.8, 4) is 44.5 Å². The van der Waals surface area contributed by atoms with Crippen LogP contribution >= 0.6 is 0 Å². The van der Waals surface area contributed by atoms with Crippen molar-refractivity contribution in [1.29, 1.82) is 0 Å². The van der Waals surface area contributed by atoms with Crippen LogP contribution in [0.1, 0.15) is 11.1 Å². The summed E-state index contributed by atoms with van der Waals surface area (Å²) in [5, 5.41) is 8.33. The summed E-state index contributed by atoms with van der Waals surface area (Å²) < 4.78 is 0. The topological polar surface area (TPSA) is 6.48 Å². The Hall–Kier alpha value is -8.59. The van der Waals surface area contributed by atoms with Gasteiger partial charge in [0.1, 0.15) is 0 Å². The first-order chi connectivity index (χ1) is 34.6. The Morgan fingerprint density at radius 1 is 0.286 bits per heavy atom. The molecule has 0 aromatic heterocycles. The van der Waals surface area contributed by atoms with Crippen LogP contribution in [0.25, 0.3) is 76.8 Å². The van der Waals surface area contributed by atoms with E-state index in [4.69, 9.17) is 0 Å². The van der Waals surface area contributed by atoms with Crippen LogP contribution in [0.3, 0.4) is 0 Å². The number of anilines is 6. The van der Waals surface area contributed by atoms with Gasteiger partial charge in [-0.3, -0.25) is 0 Å². The SMILES string of the molecule is Cc1cc2c3c(cc4c(C)cc5c6c(cc1c3c46)B1c3ccccc3N(c3ccccc3)c3cc(-c4ccccc4)cc-5c31)B1c3ccccc3N(c3ccccc3)c3cc(-c4ccccc4)cc-2c31. The molecule has 0 unspecified atom stereocenters. The van der Waals surface area contributed by atoms with E-state index in [0.717, 1.165) is 0 Å². The van der Waals surface area contributed by atoms with E-state index in [2.05, 4.69) is 242 Å².